The van der Waals surface area contributed by atoms with Crippen LogP contribution in [0.3, 0.4) is 0 Å². The first-order valence-electron chi connectivity index (χ1n) is 5.97. The molecule has 1 aliphatic rings. The Labute approximate surface area is 107 Å². The van der Waals surface area contributed by atoms with Gasteiger partial charge in [-0.1, -0.05) is 18.0 Å². The number of methoxy groups -OCH3 is 1. The van der Waals surface area contributed by atoms with Crippen LogP contribution in [0.25, 0.3) is 0 Å². The third-order valence-electron chi connectivity index (χ3n) is 3.33. The molecule has 4 nitrogen and oxygen atoms in total. The van der Waals surface area contributed by atoms with E-state index in [4.69, 9.17) is 16.3 Å². The molecule has 0 amide bonds. The van der Waals surface area contributed by atoms with Gasteiger partial charge in [-0.15, -0.1) is 5.10 Å². The summed E-state index contributed by atoms with van der Waals surface area (Å²) in [6.07, 6.45) is 4.73. The Morgan fingerprint density at radius 2 is 2.29 bits per heavy atom. The number of piperidine rings is 1. The maximum atomic E-state index is 6.04. The van der Waals surface area contributed by atoms with Crippen molar-refractivity contribution in [2.45, 2.75) is 31.7 Å². The van der Waals surface area contributed by atoms with Crippen LogP contribution in [0.1, 0.15) is 25.0 Å². The molecule has 2 heterocycles. The Balaban J connectivity index is 2.05. The van der Waals surface area contributed by atoms with Crippen molar-refractivity contribution in [3.8, 4) is 5.88 Å². The Kier molecular flexibility index (Phi) is 4.18. The van der Waals surface area contributed by atoms with Crippen LogP contribution >= 0.6 is 11.6 Å². The van der Waals surface area contributed by atoms with E-state index in [1.807, 2.05) is 6.07 Å². The molecule has 0 N–H and O–H groups in total. The Morgan fingerprint density at radius 1 is 1.47 bits per heavy atom. The van der Waals surface area contributed by atoms with Gasteiger partial charge >= 0.3 is 0 Å². The molecular formula is C12H18ClN3O. The van der Waals surface area contributed by atoms with E-state index in [0.29, 0.717) is 16.9 Å². The minimum absolute atomic E-state index is 0.396. The van der Waals surface area contributed by atoms with Crippen LogP contribution in [0.4, 0.5) is 0 Å². The highest BCUT2D eigenvalue weighted by molar-refractivity contribution is 6.31. The number of likely N-dealkylation sites (tertiary alicyclic amines) is 1. The molecule has 1 aromatic heterocycles. The second-order valence-corrected chi connectivity index (χ2v) is 4.93. The van der Waals surface area contributed by atoms with Crippen molar-refractivity contribution in [1.82, 2.24) is 15.1 Å². The number of aromatic nitrogens is 2. The SMILES string of the molecule is COc1nnc(CC2CCCCN2C)cc1Cl. The summed E-state index contributed by atoms with van der Waals surface area (Å²) in [4.78, 5) is 2.39. The Bertz CT molecular complexity index is 386. The maximum Gasteiger partial charge on any atom is 0.252 e. The standard InChI is InChI=1S/C12H18ClN3O/c1-16-6-4-3-5-10(16)7-9-8-11(13)12(17-2)15-14-9/h8,10H,3-7H2,1-2H3. The summed E-state index contributed by atoms with van der Waals surface area (Å²) in [5.74, 6) is 0.396. The maximum absolute atomic E-state index is 6.04. The summed E-state index contributed by atoms with van der Waals surface area (Å²) < 4.78 is 5.00. The van der Waals surface area contributed by atoms with Gasteiger partial charge in [0.15, 0.2) is 0 Å². The minimum Gasteiger partial charge on any atom is -0.479 e. The smallest absolute Gasteiger partial charge is 0.252 e. The van der Waals surface area contributed by atoms with Crippen LogP contribution in [0, 0.1) is 0 Å². The van der Waals surface area contributed by atoms with Crippen molar-refractivity contribution in [2.24, 2.45) is 0 Å². The first-order chi connectivity index (χ1) is 8.20. The zero-order valence-corrected chi connectivity index (χ0v) is 11.1. The highest BCUT2D eigenvalue weighted by Crippen LogP contribution is 2.23. The lowest BCUT2D eigenvalue weighted by Gasteiger charge is -2.32. The summed E-state index contributed by atoms with van der Waals surface area (Å²) in [6.45, 7) is 1.17. The Hall–Kier alpha value is -0.870. The number of rotatable bonds is 3. The average Bonchev–Trinajstić information content (AvgIpc) is 2.32. The molecule has 1 aromatic rings. The van der Waals surface area contributed by atoms with E-state index in [1.54, 1.807) is 7.11 Å². The van der Waals surface area contributed by atoms with Gasteiger partial charge in [-0.2, -0.15) is 5.10 Å². The fourth-order valence-electron chi connectivity index (χ4n) is 2.28. The fraction of sp³-hybridized carbons (Fsp3) is 0.667. The molecule has 0 radical (unpaired) electrons. The van der Waals surface area contributed by atoms with Crippen LogP contribution in [-0.2, 0) is 6.42 Å². The normalized spacial score (nSPS) is 21.5. The summed E-state index contributed by atoms with van der Waals surface area (Å²) in [5.41, 5.74) is 0.939. The molecule has 0 saturated carbocycles. The number of halogens is 1. The molecule has 17 heavy (non-hydrogen) atoms. The molecule has 0 spiro atoms. The van der Waals surface area contributed by atoms with Crippen LogP contribution in [0.15, 0.2) is 6.07 Å². The molecular weight excluding hydrogens is 238 g/mol. The van der Waals surface area contributed by atoms with E-state index in [2.05, 4.69) is 22.1 Å². The zero-order valence-electron chi connectivity index (χ0n) is 10.3. The molecule has 1 unspecified atom stereocenters. The minimum atomic E-state index is 0.396. The van der Waals surface area contributed by atoms with Gasteiger partial charge in [0.1, 0.15) is 5.02 Å². The van der Waals surface area contributed by atoms with Crippen LogP contribution < -0.4 is 4.74 Å². The van der Waals surface area contributed by atoms with E-state index >= 15 is 0 Å². The van der Waals surface area contributed by atoms with Crippen LogP contribution in [-0.4, -0.2) is 41.8 Å². The number of hydrogen-bond acceptors (Lipinski definition) is 4. The predicted molar refractivity (Wildman–Crippen MR) is 67.6 cm³/mol. The van der Waals surface area contributed by atoms with Crippen molar-refractivity contribution < 1.29 is 4.74 Å². The molecule has 1 aliphatic heterocycles. The number of nitrogens with zero attached hydrogens (tertiary/aromatic N) is 3. The molecule has 1 atom stereocenters. The molecule has 94 valence electrons. The molecule has 5 heteroatoms. The number of hydrogen-bond donors (Lipinski definition) is 0. The van der Waals surface area contributed by atoms with Crippen molar-refractivity contribution in [2.75, 3.05) is 20.7 Å². The largest absolute Gasteiger partial charge is 0.479 e. The number of ether oxygens (including phenoxy) is 1. The molecule has 2 rings (SSSR count). The summed E-state index contributed by atoms with van der Waals surface area (Å²) >= 11 is 6.04. The van der Waals surface area contributed by atoms with Gasteiger partial charge in [-0.3, -0.25) is 0 Å². The van der Waals surface area contributed by atoms with Gasteiger partial charge < -0.3 is 9.64 Å². The lowest BCUT2D eigenvalue weighted by molar-refractivity contribution is 0.183. The van der Waals surface area contributed by atoms with Gasteiger partial charge in [0, 0.05) is 12.5 Å². The van der Waals surface area contributed by atoms with E-state index in [9.17, 15) is 0 Å². The third kappa shape index (κ3) is 3.07. The quantitative estimate of drug-likeness (QED) is 0.830. The summed E-state index contributed by atoms with van der Waals surface area (Å²) in [7, 11) is 3.72. The van der Waals surface area contributed by atoms with E-state index < -0.39 is 0 Å². The van der Waals surface area contributed by atoms with E-state index in [0.717, 1.165) is 12.1 Å². The molecule has 0 aliphatic carbocycles. The van der Waals surface area contributed by atoms with Gasteiger partial charge in [0.2, 0.25) is 0 Å². The molecule has 1 saturated heterocycles. The van der Waals surface area contributed by atoms with Gasteiger partial charge in [0.25, 0.3) is 5.88 Å². The zero-order chi connectivity index (χ0) is 12.3. The molecule has 1 fully saturated rings. The first kappa shape index (κ1) is 12.6. The topological polar surface area (TPSA) is 38.3 Å². The van der Waals surface area contributed by atoms with Crippen molar-refractivity contribution >= 4 is 11.6 Å². The van der Waals surface area contributed by atoms with E-state index in [1.165, 1.54) is 25.8 Å². The van der Waals surface area contributed by atoms with Crippen LogP contribution in [0.5, 0.6) is 5.88 Å². The monoisotopic (exact) mass is 255 g/mol. The average molecular weight is 256 g/mol. The van der Waals surface area contributed by atoms with Crippen LogP contribution in [0.2, 0.25) is 5.02 Å². The number of likely N-dealkylation sites (N-methyl/N-ethyl adjacent to an activating group) is 1. The second kappa shape index (κ2) is 5.65. The van der Waals surface area contributed by atoms with Crippen molar-refractivity contribution in [1.29, 1.82) is 0 Å². The second-order valence-electron chi connectivity index (χ2n) is 4.53. The van der Waals surface area contributed by atoms with Gasteiger partial charge in [-0.25, -0.2) is 0 Å². The predicted octanol–water partition coefficient (Wildman–Crippen LogP) is 2.17. The fourth-order valence-corrected chi connectivity index (χ4v) is 2.52. The van der Waals surface area contributed by atoms with Gasteiger partial charge in [-0.05, 0) is 32.5 Å². The summed E-state index contributed by atoms with van der Waals surface area (Å²) in [5, 5.41) is 8.66. The summed E-state index contributed by atoms with van der Waals surface area (Å²) in [6, 6.07) is 2.41. The first-order valence-corrected chi connectivity index (χ1v) is 6.35. The molecule has 0 bridgehead atoms. The third-order valence-corrected chi connectivity index (χ3v) is 3.60. The van der Waals surface area contributed by atoms with E-state index in [-0.39, 0.29) is 0 Å². The Morgan fingerprint density at radius 3 is 2.94 bits per heavy atom. The van der Waals surface area contributed by atoms with Crippen molar-refractivity contribution in [3.63, 3.8) is 0 Å². The lowest BCUT2D eigenvalue weighted by atomic mass is 9.99. The van der Waals surface area contributed by atoms with Gasteiger partial charge in [0.05, 0.1) is 12.8 Å². The van der Waals surface area contributed by atoms with Crippen molar-refractivity contribution in [3.05, 3.63) is 16.8 Å². The lowest BCUT2D eigenvalue weighted by Crippen LogP contribution is -2.37. The highest BCUT2D eigenvalue weighted by Gasteiger charge is 2.20. The highest BCUT2D eigenvalue weighted by atomic mass is 35.5. The molecule has 0 aromatic carbocycles.